The van der Waals surface area contributed by atoms with Crippen LogP contribution in [0.25, 0.3) is 0 Å². The smallest absolute Gasteiger partial charge is 0.310 e. The number of benzene rings is 1. The first-order valence-corrected chi connectivity index (χ1v) is 14.5. The molecule has 1 aromatic rings. The number of carbonyl (C=O) groups excluding carboxylic acids is 1. The van der Waals surface area contributed by atoms with Crippen molar-refractivity contribution < 1.29 is 34.0 Å². The van der Waals surface area contributed by atoms with Crippen LogP contribution in [-0.4, -0.2) is 115 Å². The lowest BCUT2D eigenvalue weighted by Crippen LogP contribution is -2.43. The van der Waals surface area contributed by atoms with Crippen LogP contribution in [0, 0.1) is 26.1 Å². The van der Waals surface area contributed by atoms with Crippen LogP contribution in [0.15, 0.2) is 18.2 Å². The van der Waals surface area contributed by atoms with E-state index < -0.39 is 29.0 Å². The zero-order valence-corrected chi connectivity index (χ0v) is 25.5. The third kappa shape index (κ3) is 11.7. The van der Waals surface area contributed by atoms with E-state index in [1.165, 1.54) is 58.3 Å². The molecule has 3 atom stereocenters. The lowest BCUT2D eigenvalue weighted by atomic mass is 9.84. The molecule has 1 aromatic carbocycles. The number of nitro groups is 2. The van der Waals surface area contributed by atoms with Gasteiger partial charge in [-0.25, -0.2) is 0 Å². The average molecular weight is 611 g/mol. The molecular formula is C28H46N6O9. The van der Waals surface area contributed by atoms with E-state index in [1.807, 2.05) is 0 Å². The Morgan fingerprint density at radius 1 is 0.977 bits per heavy atom. The normalized spacial score (nSPS) is 23.5. The molecule has 0 spiro atoms. The fourth-order valence-corrected chi connectivity index (χ4v) is 5.25. The lowest BCUT2D eigenvalue weighted by Gasteiger charge is -2.29. The van der Waals surface area contributed by atoms with Crippen LogP contribution >= 0.6 is 0 Å². The number of piperidine rings is 2. The van der Waals surface area contributed by atoms with E-state index in [0.29, 0.717) is 18.0 Å². The van der Waals surface area contributed by atoms with E-state index in [-0.39, 0.29) is 41.2 Å². The minimum Gasteiger partial charge on any atom is -0.490 e. The van der Waals surface area contributed by atoms with Gasteiger partial charge in [-0.1, -0.05) is 0 Å². The standard InChI is InChI=1S/C14H19N3O4.C8H13NO5.C6H14N2/c1-16-7-5-11(6-8-16)15-14(18)10-3-4-12(17(19)20)13(9-10)21-2;1-14-7-4-5(8(10)11)2-3-6(7)9(12)13;1-8-4-2-6(7)3-5-8/h3-4,9,11H,5-8H2,1-2H3,(H,15,18);5-7H,2-4H2,1H3,(H,10,11);6H,2-5,7H2,1H3. The van der Waals surface area contributed by atoms with E-state index in [4.69, 9.17) is 20.3 Å². The third-order valence-electron chi connectivity index (χ3n) is 8.14. The molecule has 4 rings (SSSR count). The maximum Gasteiger partial charge on any atom is 0.310 e. The van der Waals surface area contributed by atoms with Gasteiger partial charge in [-0.05, 0) is 84.9 Å². The van der Waals surface area contributed by atoms with Gasteiger partial charge in [0.15, 0.2) is 5.75 Å². The van der Waals surface area contributed by atoms with Gasteiger partial charge in [-0.15, -0.1) is 0 Å². The van der Waals surface area contributed by atoms with Gasteiger partial charge in [-0.3, -0.25) is 29.8 Å². The predicted octanol–water partition coefficient (Wildman–Crippen LogP) is 2.00. The minimum absolute atomic E-state index is 0.0935. The van der Waals surface area contributed by atoms with Crippen LogP contribution in [0.2, 0.25) is 0 Å². The SMILES string of the molecule is CN1CCC(N)CC1.COC1CC(C(=O)O)CCC1[N+](=O)[O-].COc1cc(C(=O)NC2CCN(C)CC2)ccc1[N+](=O)[O-]. The summed E-state index contributed by atoms with van der Waals surface area (Å²) >= 11 is 0. The molecule has 2 saturated heterocycles. The average Bonchev–Trinajstić information content (AvgIpc) is 2.99. The first kappa shape index (κ1) is 35.8. The Kier molecular flexibility index (Phi) is 14.7. The molecule has 3 fully saturated rings. The maximum atomic E-state index is 12.2. The van der Waals surface area contributed by atoms with E-state index in [2.05, 4.69) is 29.2 Å². The Morgan fingerprint density at radius 2 is 1.56 bits per heavy atom. The first-order valence-electron chi connectivity index (χ1n) is 14.5. The summed E-state index contributed by atoms with van der Waals surface area (Å²) in [6.45, 7) is 4.27. The topological polar surface area (TPSA) is 204 Å². The van der Waals surface area contributed by atoms with Crippen molar-refractivity contribution in [2.45, 2.75) is 69.2 Å². The van der Waals surface area contributed by atoms with Crippen molar-refractivity contribution in [2.24, 2.45) is 11.7 Å². The molecule has 15 heteroatoms. The summed E-state index contributed by atoms with van der Waals surface area (Å²) in [5.74, 6) is -1.53. The number of hydrogen-bond acceptors (Lipinski definition) is 11. The summed E-state index contributed by atoms with van der Waals surface area (Å²) < 4.78 is 9.91. The summed E-state index contributed by atoms with van der Waals surface area (Å²) in [7, 11) is 6.93. The summed E-state index contributed by atoms with van der Waals surface area (Å²) in [6.07, 6.45) is 4.48. The number of nitrogens with zero attached hydrogens (tertiary/aromatic N) is 4. The second-order valence-corrected chi connectivity index (χ2v) is 11.3. The van der Waals surface area contributed by atoms with E-state index in [0.717, 1.165) is 25.9 Å². The highest BCUT2D eigenvalue weighted by Gasteiger charge is 2.40. The molecule has 0 radical (unpaired) electrons. The van der Waals surface area contributed by atoms with E-state index in [9.17, 15) is 29.8 Å². The van der Waals surface area contributed by atoms with Crippen molar-refractivity contribution in [2.75, 3.05) is 54.5 Å². The molecule has 4 N–H and O–H groups in total. The number of carbonyl (C=O) groups is 2. The Labute approximate surface area is 252 Å². The number of ether oxygens (including phenoxy) is 2. The van der Waals surface area contributed by atoms with E-state index >= 15 is 0 Å². The molecule has 2 aliphatic heterocycles. The molecule has 1 amide bonds. The van der Waals surface area contributed by atoms with Gasteiger partial charge in [-0.2, -0.15) is 0 Å². The highest BCUT2D eigenvalue weighted by molar-refractivity contribution is 5.95. The minimum atomic E-state index is -0.895. The number of likely N-dealkylation sites (tertiary alicyclic amines) is 2. The number of aliphatic carboxylic acids is 1. The Hall–Kier alpha value is -3.40. The van der Waals surface area contributed by atoms with E-state index in [1.54, 1.807) is 0 Å². The van der Waals surface area contributed by atoms with Crippen LogP contribution in [0.5, 0.6) is 5.75 Å². The van der Waals surface area contributed by atoms with Crippen molar-refractivity contribution in [3.8, 4) is 5.75 Å². The summed E-state index contributed by atoms with van der Waals surface area (Å²) in [4.78, 5) is 47.9. The Bertz CT molecular complexity index is 1060. The fourth-order valence-electron chi connectivity index (χ4n) is 5.25. The number of methoxy groups -OCH3 is 2. The largest absolute Gasteiger partial charge is 0.490 e. The Balaban J connectivity index is 0.000000251. The van der Waals surface area contributed by atoms with Gasteiger partial charge in [0.2, 0.25) is 6.04 Å². The van der Waals surface area contributed by atoms with Crippen molar-refractivity contribution in [3.05, 3.63) is 44.0 Å². The highest BCUT2D eigenvalue weighted by atomic mass is 16.6. The zero-order chi connectivity index (χ0) is 32.1. The number of amides is 1. The fraction of sp³-hybridized carbons (Fsp3) is 0.714. The molecular weight excluding hydrogens is 564 g/mol. The van der Waals surface area contributed by atoms with Gasteiger partial charge in [0.05, 0.1) is 18.0 Å². The molecule has 1 saturated carbocycles. The highest BCUT2D eigenvalue weighted by Crippen LogP contribution is 2.29. The van der Waals surface area contributed by atoms with Crippen molar-refractivity contribution >= 4 is 17.6 Å². The third-order valence-corrected chi connectivity index (χ3v) is 8.14. The quantitative estimate of drug-likeness (QED) is 0.300. The Morgan fingerprint density at radius 3 is 2.02 bits per heavy atom. The molecule has 0 bridgehead atoms. The van der Waals surface area contributed by atoms with Crippen LogP contribution in [-0.2, 0) is 9.53 Å². The van der Waals surface area contributed by atoms with Gasteiger partial charge < -0.3 is 35.4 Å². The summed E-state index contributed by atoms with van der Waals surface area (Å²) in [5.41, 5.74) is 5.90. The first-order chi connectivity index (χ1) is 20.4. The predicted molar refractivity (Wildman–Crippen MR) is 159 cm³/mol. The molecule has 3 aliphatic rings. The molecule has 1 aliphatic carbocycles. The number of carboxylic acid groups (broad SMARTS) is 1. The van der Waals surface area contributed by atoms with Crippen molar-refractivity contribution in [1.29, 1.82) is 0 Å². The van der Waals surface area contributed by atoms with Crippen LogP contribution in [0.4, 0.5) is 5.69 Å². The molecule has 2 heterocycles. The van der Waals surface area contributed by atoms with Gasteiger partial charge in [0.25, 0.3) is 5.91 Å². The van der Waals surface area contributed by atoms with Crippen LogP contribution < -0.4 is 15.8 Å². The number of nitrogens with one attached hydrogen (secondary N) is 1. The van der Waals surface area contributed by atoms with Crippen molar-refractivity contribution in [3.63, 3.8) is 0 Å². The molecule has 0 aromatic heterocycles. The molecule has 43 heavy (non-hydrogen) atoms. The lowest BCUT2D eigenvalue weighted by molar-refractivity contribution is -0.539. The second kappa shape index (κ2) is 17.7. The summed E-state index contributed by atoms with van der Waals surface area (Å²) in [5, 5.41) is 33.1. The maximum absolute atomic E-state index is 12.2. The number of rotatable bonds is 7. The molecule has 242 valence electrons. The number of carboxylic acids is 1. The van der Waals surface area contributed by atoms with Crippen molar-refractivity contribution in [1.82, 2.24) is 15.1 Å². The van der Waals surface area contributed by atoms with Crippen LogP contribution in [0.1, 0.15) is 55.3 Å². The molecule has 3 unspecified atom stereocenters. The molecule has 15 nitrogen and oxygen atoms in total. The summed E-state index contributed by atoms with van der Waals surface area (Å²) in [6, 6.07) is 4.02. The van der Waals surface area contributed by atoms with Gasteiger partial charge >= 0.3 is 11.7 Å². The number of nitro benzene ring substituents is 1. The van der Waals surface area contributed by atoms with Gasteiger partial charge in [0, 0.05) is 48.2 Å². The number of nitrogens with two attached hydrogens (primary N) is 1. The van der Waals surface area contributed by atoms with Gasteiger partial charge in [0.1, 0.15) is 6.10 Å². The number of hydrogen-bond donors (Lipinski definition) is 3. The van der Waals surface area contributed by atoms with Crippen LogP contribution in [0.3, 0.4) is 0 Å². The monoisotopic (exact) mass is 610 g/mol. The second-order valence-electron chi connectivity index (χ2n) is 11.3. The zero-order valence-electron chi connectivity index (χ0n) is 25.5.